The maximum atomic E-state index is 10.9. The average Bonchev–Trinajstić information content (AvgIpc) is 3.05. The molecule has 128 valence electrons. The minimum Gasteiger partial charge on any atom is -0.472 e. The van der Waals surface area contributed by atoms with Crippen LogP contribution >= 0.6 is 0 Å². The summed E-state index contributed by atoms with van der Waals surface area (Å²) in [6, 6.07) is 2.02. The molecule has 0 unspecified atom stereocenters. The summed E-state index contributed by atoms with van der Waals surface area (Å²) in [5.74, 6) is 0.466. The van der Waals surface area contributed by atoms with E-state index in [-0.39, 0.29) is 16.7 Å². The maximum Gasteiger partial charge on any atom is 0.0934 e. The quantitative estimate of drug-likeness (QED) is 0.830. The van der Waals surface area contributed by atoms with E-state index in [2.05, 4.69) is 33.8 Å². The summed E-state index contributed by atoms with van der Waals surface area (Å²) >= 11 is 0. The van der Waals surface area contributed by atoms with Gasteiger partial charge in [-0.25, -0.2) is 0 Å². The van der Waals surface area contributed by atoms with E-state index in [0.29, 0.717) is 5.92 Å². The van der Waals surface area contributed by atoms with E-state index in [9.17, 15) is 10.2 Å². The molecule has 2 N–H and O–H groups in total. The Bertz CT molecular complexity index is 576. The number of hydrogen-bond acceptors (Lipinski definition) is 3. The molecule has 3 rings (SSSR count). The summed E-state index contributed by atoms with van der Waals surface area (Å²) in [7, 11) is 0. The Morgan fingerprint density at radius 2 is 2.04 bits per heavy atom. The Morgan fingerprint density at radius 3 is 2.70 bits per heavy atom. The molecule has 0 aliphatic heterocycles. The van der Waals surface area contributed by atoms with E-state index in [0.717, 1.165) is 25.7 Å². The third-order valence-corrected chi connectivity index (χ3v) is 7.30. The van der Waals surface area contributed by atoms with Crippen molar-refractivity contribution in [1.29, 1.82) is 0 Å². The second-order valence-electron chi connectivity index (χ2n) is 8.16. The molecule has 2 aliphatic carbocycles. The number of rotatable bonds is 3. The van der Waals surface area contributed by atoms with Gasteiger partial charge < -0.3 is 14.6 Å². The van der Waals surface area contributed by atoms with E-state index in [1.54, 1.807) is 6.26 Å². The van der Waals surface area contributed by atoms with Crippen molar-refractivity contribution >= 4 is 0 Å². The van der Waals surface area contributed by atoms with Crippen LogP contribution in [0.1, 0.15) is 52.5 Å². The van der Waals surface area contributed by atoms with Gasteiger partial charge in [-0.1, -0.05) is 32.4 Å². The summed E-state index contributed by atoms with van der Waals surface area (Å²) in [6.45, 7) is 8.69. The minimum atomic E-state index is -0.680. The lowest BCUT2D eigenvalue weighted by Crippen LogP contribution is -2.63. The highest BCUT2D eigenvalue weighted by molar-refractivity contribution is 5.25. The molecule has 1 fully saturated rings. The van der Waals surface area contributed by atoms with E-state index < -0.39 is 12.2 Å². The maximum absolute atomic E-state index is 10.9. The predicted octanol–water partition coefficient (Wildman–Crippen LogP) is 3.95. The number of aliphatic hydroxyl groups excluding tert-OH is 2. The van der Waals surface area contributed by atoms with Crippen molar-refractivity contribution in [3.63, 3.8) is 0 Å². The average molecular weight is 318 g/mol. The van der Waals surface area contributed by atoms with Crippen LogP contribution < -0.4 is 0 Å². The molecule has 3 nitrogen and oxygen atoms in total. The first kappa shape index (κ1) is 16.8. The van der Waals surface area contributed by atoms with Crippen molar-refractivity contribution in [3.05, 3.63) is 35.8 Å². The largest absolute Gasteiger partial charge is 0.472 e. The van der Waals surface area contributed by atoms with Gasteiger partial charge in [0, 0.05) is 5.41 Å². The molecule has 1 aromatic rings. The van der Waals surface area contributed by atoms with E-state index in [1.807, 2.05) is 12.3 Å². The van der Waals surface area contributed by atoms with Crippen LogP contribution in [-0.4, -0.2) is 22.4 Å². The number of hydrogen-bond donors (Lipinski definition) is 2. The third-order valence-electron chi connectivity index (χ3n) is 7.30. The van der Waals surface area contributed by atoms with Gasteiger partial charge in [0.25, 0.3) is 0 Å². The number of allylic oxidation sites excluding steroid dienone is 1. The van der Waals surface area contributed by atoms with Crippen molar-refractivity contribution < 1.29 is 14.6 Å². The fourth-order valence-electron chi connectivity index (χ4n) is 5.30. The summed E-state index contributed by atoms with van der Waals surface area (Å²) in [5, 5.41) is 21.6. The van der Waals surface area contributed by atoms with Crippen molar-refractivity contribution in [3.8, 4) is 0 Å². The lowest BCUT2D eigenvalue weighted by atomic mass is 9.45. The van der Waals surface area contributed by atoms with Crippen molar-refractivity contribution in [2.75, 3.05) is 0 Å². The lowest BCUT2D eigenvalue weighted by Gasteiger charge is -2.61. The van der Waals surface area contributed by atoms with Gasteiger partial charge in [-0.05, 0) is 61.5 Å². The predicted molar refractivity (Wildman–Crippen MR) is 90.9 cm³/mol. The summed E-state index contributed by atoms with van der Waals surface area (Å²) in [6.07, 6.45) is 8.55. The molecule has 0 bridgehead atoms. The molecule has 6 atom stereocenters. The zero-order valence-electron chi connectivity index (χ0n) is 14.7. The number of aliphatic hydroxyl groups is 2. The Morgan fingerprint density at radius 1 is 1.30 bits per heavy atom. The molecule has 1 saturated carbocycles. The van der Waals surface area contributed by atoms with Gasteiger partial charge in [0.2, 0.25) is 0 Å². The first-order chi connectivity index (χ1) is 10.8. The minimum absolute atomic E-state index is 0.000185. The molecular weight excluding hydrogens is 288 g/mol. The molecule has 0 radical (unpaired) electrons. The summed E-state index contributed by atoms with van der Waals surface area (Å²) in [4.78, 5) is 0. The standard InChI is InChI=1S/C20H30O3/c1-13-6-5-7-16-19(3,10-8-15-9-11-23-12-15)14(2)17(21)18(22)20(13,16)4/h6,9,11-12,14,16-18,21-22H,5,7-8,10H2,1-4H3/t14-,16-,17-,18+,19-,20+/m1/s1. The van der Waals surface area contributed by atoms with Crippen LogP contribution in [-0.2, 0) is 6.42 Å². The summed E-state index contributed by atoms with van der Waals surface area (Å²) < 4.78 is 5.20. The van der Waals surface area contributed by atoms with Gasteiger partial charge in [0.1, 0.15) is 0 Å². The van der Waals surface area contributed by atoms with E-state index >= 15 is 0 Å². The van der Waals surface area contributed by atoms with Gasteiger partial charge in [0.15, 0.2) is 0 Å². The van der Waals surface area contributed by atoms with Crippen LogP contribution in [0.15, 0.2) is 34.7 Å². The van der Waals surface area contributed by atoms with Crippen LogP contribution in [0.25, 0.3) is 0 Å². The van der Waals surface area contributed by atoms with E-state index in [4.69, 9.17) is 4.42 Å². The van der Waals surface area contributed by atoms with Crippen molar-refractivity contribution in [2.45, 2.75) is 65.6 Å². The van der Waals surface area contributed by atoms with Crippen LogP contribution in [0.4, 0.5) is 0 Å². The van der Waals surface area contributed by atoms with Gasteiger partial charge in [-0.15, -0.1) is 0 Å². The second-order valence-corrected chi connectivity index (χ2v) is 8.16. The highest BCUT2D eigenvalue weighted by Crippen LogP contribution is 2.61. The highest BCUT2D eigenvalue weighted by Gasteiger charge is 2.60. The molecule has 0 aromatic carbocycles. The lowest BCUT2D eigenvalue weighted by molar-refractivity contribution is -0.190. The first-order valence-electron chi connectivity index (χ1n) is 8.86. The number of aryl methyl sites for hydroxylation is 1. The zero-order valence-corrected chi connectivity index (χ0v) is 14.7. The molecule has 0 spiro atoms. The molecule has 1 aromatic heterocycles. The second kappa shape index (κ2) is 5.78. The molecule has 3 heteroatoms. The normalized spacial score (nSPS) is 43.8. The van der Waals surface area contributed by atoms with Crippen molar-refractivity contribution in [1.82, 2.24) is 0 Å². The molecule has 1 heterocycles. The van der Waals surface area contributed by atoms with Gasteiger partial charge in [-0.2, -0.15) is 0 Å². The molecule has 0 amide bonds. The number of furan rings is 1. The monoisotopic (exact) mass is 318 g/mol. The van der Waals surface area contributed by atoms with Gasteiger partial charge >= 0.3 is 0 Å². The van der Waals surface area contributed by atoms with Crippen molar-refractivity contribution in [2.24, 2.45) is 22.7 Å². The summed E-state index contributed by atoms with van der Waals surface area (Å²) in [5.41, 5.74) is 2.13. The highest BCUT2D eigenvalue weighted by atomic mass is 16.3. The van der Waals surface area contributed by atoms with Crippen LogP contribution in [0, 0.1) is 22.7 Å². The smallest absolute Gasteiger partial charge is 0.0934 e. The third kappa shape index (κ3) is 2.40. The van der Waals surface area contributed by atoms with Crippen LogP contribution in [0.3, 0.4) is 0 Å². The number of fused-ring (bicyclic) bond motifs is 1. The van der Waals surface area contributed by atoms with Crippen LogP contribution in [0.2, 0.25) is 0 Å². The zero-order chi connectivity index (χ0) is 16.8. The fourth-order valence-corrected chi connectivity index (χ4v) is 5.30. The molecule has 23 heavy (non-hydrogen) atoms. The molecule has 2 aliphatic rings. The topological polar surface area (TPSA) is 53.6 Å². The molecule has 0 saturated heterocycles. The SMILES string of the molecule is CC1=CCC[C@@H]2[C@](C)(CCc3ccoc3)[C@H](C)[C@@H](O)[C@H](O)[C@@]12C. The van der Waals surface area contributed by atoms with Crippen LogP contribution in [0.5, 0.6) is 0 Å². The fraction of sp³-hybridized carbons (Fsp3) is 0.700. The Labute approximate surface area is 139 Å². The van der Waals surface area contributed by atoms with Gasteiger partial charge in [-0.3, -0.25) is 0 Å². The van der Waals surface area contributed by atoms with E-state index in [1.165, 1.54) is 11.1 Å². The Kier molecular flexibility index (Phi) is 4.22. The Balaban J connectivity index is 1.95. The van der Waals surface area contributed by atoms with Gasteiger partial charge in [0.05, 0.1) is 24.7 Å². The Hall–Kier alpha value is -1.06. The molecular formula is C20H30O3. The first-order valence-corrected chi connectivity index (χ1v) is 8.86.